The standard InChI is InChI=1S/C68H17NO4/c70-2-4-72-6-8-73-7-5-71-3-1-69-67-63-56-49-37-29-20-11-9-10-12-15(11)24-31(29)39-40-32(24)30-21(12)23-19-14(10)17-16-13(9)18-22(20)35(37)43-41-27(18)25(16)33-34-26(17)28(19)42-44-36(23)38(30)50-52(40)61(60(63)51(39)49)64-57(50)55(44)59-48(42)46(34)53-45(33)47(41)58(54(43)56)65(67)62(53)66(59)68(64)69/h70H,1-8H2. The van der Waals surface area contributed by atoms with Gasteiger partial charge in [0, 0.05) is 319 Å². The van der Waals surface area contributed by atoms with Crippen molar-refractivity contribution in [3.8, 4) is 0 Å². The number of nitrogens with zero attached hydrogens (tertiary/aromatic N) is 1. The van der Waals surface area contributed by atoms with Gasteiger partial charge in [-0.15, -0.1) is 0 Å². The quantitative estimate of drug-likeness (QED) is 0.0798. The Hall–Kier alpha value is -8.16. The number of aliphatic hydroxyl groups excluding tert-OH is 1. The third-order valence-corrected chi connectivity index (χ3v) is 24.2. The SMILES string of the molecule is OCCOCCOCCOCCn1c2c3c4c5c6c7c8c9c%10c%11c%12c9c9c7c7c%13c9c9c%12c%12c%14c%11c%11c%15c%10c%10c8c6c6c8c%10c%15c%10c%15c%11c%14c%11c%14c%12c9c9c%13c(c3c75)c3c9c%14c5c%11c%15c7c%10c8c(c64)c2c7c5c31. The maximum atomic E-state index is 9.19. The maximum absolute atomic E-state index is 9.19. The Morgan fingerprint density at radius 2 is 0.315 bits per heavy atom. The number of ether oxygens (including phenoxy) is 3. The molecule has 30 aromatic carbocycles. The highest BCUT2D eigenvalue weighted by molar-refractivity contribution is 6.84. The summed E-state index contributed by atoms with van der Waals surface area (Å²) in [6.45, 7) is 3.82. The van der Waals surface area contributed by atoms with Crippen LogP contribution in [0.15, 0.2) is 0 Å². The zero-order chi connectivity index (χ0) is 44.0. The average Bonchev–Trinajstić information content (AvgIpc) is 4.08. The lowest BCUT2D eigenvalue weighted by Gasteiger charge is -2.24. The number of hydrogen-bond donors (Lipinski definition) is 1. The van der Waals surface area contributed by atoms with Crippen LogP contribution in [0.25, 0.3) is 323 Å². The Morgan fingerprint density at radius 3 is 0.493 bits per heavy atom. The molecule has 0 atom stereocenters. The predicted molar refractivity (Wildman–Crippen MR) is 307 cm³/mol. The van der Waals surface area contributed by atoms with E-state index in [1.807, 2.05) is 0 Å². The van der Waals surface area contributed by atoms with Gasteiger partial charge in [0.25, 0.3) is 0 Å². The molecule has 5 nitrogen and oxygen atoms in total. The smallest absolute Gasteiger partial charge is 0.0701 e. The fourth-order valence-electron chi connectivity index (χ4n) is 23.6. The van der Waals surface area contributed by atoms with Crippen LogP contribution in [0.2, 0.25) is 0 Å². The minimum Gasteiger partial charge on any atom is -0.394 e. The first-order valence-corrected chi connectivity index (χ1v) is 27.1. The van der Waals surface area contributed by atoms with E-state index in [0.717, 1.165) is 6.54 Å². The Morgan fingerprint density at radius 1 is 0.178 bits per heavy atom. The summed E-state index contributed by atoms with van der Waals surface area (Å²) in [6, 6.07) is 0. The molecule has 0 bridgehead atoms. The molecule has 1 N–H and O–H groups in total. The second-order valence-corrected chi connectivity index (χ2v) is 25.2. The van der Waals surface area contributed by atoms with Crippen molar-refractivity contribution in [2.45, 2.75) is 6.54 Å². The van der Waals surface area contributed by atoms with Crippen LogP contribution >= 0.6 is 0 Å². The number of aliphatic hydroxyl groups is 1. The second-order valence-electron chi connectivity index (χ2n) is 25.2. The molecule has 0 saturated carbocycles. The van der Waals surface area contributed by atoms with E-state index in [4.69, 9.17) is 14.2 Å². The van der Waals surface area contributed by atoms with Gasteiger partial charge >= 0.3 is 0 Å². The van der Waals surface area contributed by atoms with Gasteiger partial charge in [-0.25, -0.2) is 0 Å². The molecule has 0 aliphatic heterocycles. The zero-order valence-corrected chi connectivity index (χ0v) is 37.8. The first-order valence-electron chi connectivity index (χ1n) is 27.1. The van der Waals surface area contributed by atoms with Gasteiger partial charge in [-0.05, 0) is 0 Å². The molecule has 0 saturated heterocycles. The van der Waals surface area contributed by atoms with Crippen LogP contribution in [-0.4, -0.2) is 55.9 Å². The van der Waals surface area contributed by atoms with Crippen LogP contribution in [0, 0.1) is 0 Å². The summed E-state index contributed by atoms with van der Waals surface area (Å²) in [7, 11) is 0. The van der Waals surface area contributed by atoms with Gasteiger partial charge in [-0.3, -0.25) is 0 Å². The van der Waals surface area contributed by atoms with Gasteiger partial charge < -0.3 is 23.9 Å². The molecule has 0 aliphatic carbocycles. The van der Waals surface area contributed by atoms with E-state index >= 15 is 0 Å². The Balaban J connectivity index is 1.02. The molecule has 318 valence electrons. The number of benzene rings is 19. The largest absolute Gasteiger partial charge is 0.394 e. The number of fused-ring (bicyclic) bond motifs is 5. The number of aromatic nitrogens is 1. The summed E-state index contributed by atoms with van der Waals surface area (Å²) in [5, 5.41) is 103. The van der Waals surface area contributed by atoms with Crippen molar-refractivity contribution in [3.63, 3.8) is 0 Å². The molecule has 31 rings (SSSR count). The van der Waals surface area contributed by atoms with Gasteiger partial charge in [0.1, 0.15) is 0 Å². The van der Waals surface area contributed by atoms with Gasteiger partial charge in [0.2, 0.25) is 0 Å². The van der Waals surface area contributed by atoms with Crippen molar-refractivity contribution in [2.75, 3.05) is 46.2 Å². The highest BCUT2D eigenvalue weighted by Gasteiger charge is 2.51. The summed E-state index contributed by atoms with van der Waals surface area (Å²) in [5.41, 5.74) is 2.97. The molecule has 1 aromatic heterocycles. The van der Waals surface area contributed by atoms with Crippen molar-refractivity contribution in [1.29, 1.82) is 0 Å². The molecular weight excluding hydrogens is 895 g/mol. The molecule has 31 aromatic rings. The first-order chi connectivity index (χ1) is 36.4. The van der Waals surface area contributed by atoms with Gasteiger partial charge in [-0.1, -0.05) is 0 Å². The van der Waals surface area contributed by atoms with E-state index in [2.05, 4.69) is 4.57 Å². The first kappa shape index (κ1) is 29.4. The van der Waals surface area contributed by atoms with E-state index in [-0.39, 0.29) is 6.61 Å². The van der Waals surface area contributed by atoms with E-state index in [1.54, 1.807) is 312 Å². The Bertz CT molecular complexity index is 6940. The molecule has 0 unspecified atom stereocenters. The molecule has 0 radical (unpaired) electrons. The van der Waals surface area contributed by atoms with Crippen LogP contribution in [-0.2, 0) is 20.8 Å². The van der Waals surface area contributed by atoms with E-state index in [0.29, 0.717) is 39.6 Å². The summed E-state index contributed by atoms with van der Waals surface area (Å²) in [5.74, 6) is 0. The van der Waals surface area contributed by atoms with Crippen LogP contribution < -0.4 is 0 Å². The Kier molecular flexibility index (Phi) is 2.94. The van der Waals surface area contributed by atoms with Crippen molar-refractivity contribution < 1.29 is 19.3 Å². The Labute approximate surface area is 398 Å². The minimum absolute atomic E-state index is 0.0339. The summed E-state index contributed by atoms with van der Waals surface area (Å²) >= 11 is 0. The topological polar surface area (TPSA) is 52.9 Å². The molecule has 0 amide bonds. The molecular formula is C68H17NO4. The normalized spacial score (nSPS) is 16.9. The van der Waals surface area contributed by atoms with Crippen LogP contribution in [0.5, 0.6) is 0 Å². The highest BCUT2D eigenvalue weighted by Crippen LogP contribution is 2.80. The lowest BCUT2D eigenvalue weighted by atomic mass is 9.84. The third kappa shape index (κ3) is 1.80. The molecule has 1 heterocycles. The third-order valence-electron chi connectivity index (χ3n) is 24.2. The maximum Gasteiger partial charge on any atom is 0.0701 e. The number of pyridine rings is 1. The summed E-state index contributed by atoms with van der Waals surface area (Å²) in [4.78, 5) is 0. The van der Waals surface area contributed by atoms with Crippen molar-refractivity contribution >= 4 is 323 Å². The molecule has 0 aliphatic rings. The molecule has 0 spiro atoms. The summed E-state index contributed by atoms with van der Waals surface area (Å²) < 4.78 is 21.1. The van der Waals surface area contributed by atoms with Gasteiger partial charge in [0.05, 0.1) is 57.3 Å². The number of rotatable bonds is 11. The van der Waals surface area contributed by atoms with E-state index in [9.17, 15) is 5.11 Å². The minimum atomic E-state index is 0.0339. The van der Waals surface area contributed by atoms with Gasteiger partial charge in [0.15, 0.2) is 0 Å². The summed E-state index contributed by atoms with van der Waals surface area (Å²) in [6.07, 6.45) is 0. The molecule has 0 fully saturated rings. The lowest BCUT2D eigenvalue weighted by molar-refractivity contribution is 0.00683. The molecule has 5 heteroatoms. The predicted octanol–water partition coefficient (Wildman–Crippen LogP) is 17.1. The zero-order valence-electron chi connectivity index (χ0n) is 37.8. The number of hydrogen-bond acceptors (Lipinski definition) is 4. The van der Waals surface area contributed by atoms with Crippen molar-refractivity contribution in [3.05, 3.63) is 0 Å². The van der Waals surface area contributed by atoms with Crippen LogP contribution in [0.1, 0.15) is 0 Å². The monoisotopic (exact) mass is 911 g/mol. The van der Waals surface area contributed by atoms with E-state index < -0.39 is 0 Å². The highest BCUT2D eigenvalue weighted by atomic mass is 16.5. The van der Waals surface area contributed by atoms with E-state index in [1.165, 1.54) is 11.0 Å². The lowest BCUT2D eigenvalue weighted by Crippen LogP contribution is -2.14. The average molecular weight is 912 g/mol. The van der Waals surface area contributed by atoms with Crippen molar-refractivity contribution in [2.24, 2.45) is 0 Å². The molecule has 73 heavy (non-hydrogen) atoms. The fraction of sp³-hybridized carbons (Fsp3) is 0.118. The van der Waals surface area contributed by atoms with Crippen molar-refractivity contribution in [1.82, 2.24) is 4.57 Å². The second kappa shape index (κ2) is 7.30. The van der Waals surface area contributed by atoms with Gasteiger partial charge in [-0.2, -0.15) is 0 Å². The fourth-order valence-corrected chi connectivity index (χ4v) is 23.6. The van der Waals surface area contributed by atoms with Crippen LogP contribution in [0.3, 0.4) is 0 Å². The van der Waals surface area contributed by atoms with Crippen LogP contribution in [0.4, 0.5) is 0 Å².